The fourth-order valence-electron chi connectivity index (χ4n) is 2.26. The van der Waals surface area contributed by atoms with Gasteiger partial charge in [-0.1, -0.05) is 0 Å². The Morgan fingerprint density at radius 3 is 2.81 bits per heavy atom. The van der Waals surface area contributed by atoms with Crippen molar-refractivity contribution >= 4 is 0 Å². The molecule has 1 heterocycles. The lowest BCUT2D eigenvalue weighted by Crippen LogP contribution is -2.34. The van der Waals surface area contributed by atoms with E-state index in [1.54, 1.807) is 0 Å². The highest BCUT2D eigenvalue weighted by Crippen LogP contribution is 2.18. The first kappa shape index (κ1) is 11.6. The van der Waals surface area contributed by atoms with Gasteiger partial charge in [-0.05, 0) is 50.3 Å². The van der Waals surface area contributed by atoms with Crippen molar-refractivity contribution in [2.24, 2.45) is 0 Å². The molecule has 0 spiro atoms. The van der Waals surface area contributed by atoms with Crippen molar-refractivity contribution in [1.29, 1.82) is 0 Å². The number of rotatable bonds is 3. The molecule has 1 fully saturated rings. The average molecular weight is 220 g/mol. The van der Waals surface area contributed by atoms with Gasteiger partial charge >= 0.3 is 0 Å². The van der Waals surface area contributed by atoms with Gasteiger partial charge in [0.1, 0.15) is 0 Å². The number of aryl methyl sites for hydroxylation is 1. The van der Waals surface area contributed by atoms with Crippen LogP contribution >= 0.6 is 0 Å². The minimum atomic E-state index is -0.0683. The van der Waals surface area contributed by atoms with E-state index in [1.807, 2.05) is 13.1 Å². The molecule has 16 heavy (non-hydrogen) atoms. The smallest absolute Gasteiger partial charge is 0.0541 e. The lowest BCUT2D eigenvalue weighted by Gasteiger charge is -2.26. The van der Waals surface area contributed by atoms with Crippen molar-refractivity contribution in [3.8, 4) is 0 Å². The maximum Gasteiger partial charge on any atom is 0.0541 e. The van der Waals surface area contributed by atoms with Gasteiger partial charge in [0.05, 0.1) is 6.10 Å². The van der Waals surface area contributed by atoms with Crippen LogP contribution < -0.4 is 5.32 Å². The second-order valence-corrected chi connectivity index (χ2v) is 4.69. The molecule has 1 aliphatic carbocycles. The first-order valence-corrected chi connectivity index (χ1v) is 6.07. The molecule has 0 aromatic carbocycles. The van der Waals surface area contributed by atoms with Crippen molar-refractivity contribution in [1.82, 2.24) is 10.3 Å². The van der Waals surface area contributed by atoms with Gasteiger partial charge in [-0.3, -0.25) is 4.98 Å². The zero-order valence-electron chi connectivity index (χ0n) is 9.82. The fraction of sp³-hybridized carbons (Fsp3) is 0.615. The summed E-state index contributed by atoms with van der Waals surface area (Å²) in [5.41, 5.74) is 2.36. The van der Waals surface area contributed by atoms with Crippen molar-refractivity contribution in [3.05, 3.63) is 29.6 Å². The highest BCUT2D eigenvalue weighted by atomic mass is 16.3. The highest BCUT2D eigenvalue weighted by molar-refractivity contribution is 5.15. The third-order valence-electron chi connectivity index (χ3n) is 3.25. The Hall–Kier alpha value is -0.930. The van der Waals surface area contributed by atoms with Crippen LogP contribution in [0.3, 0.4) is 0 Å². The molecule has 0 unspecified atom stereocenters. The first-order valence-electron chi connectivity index (χ1n) is 6.07. The van der Waals surface area contributed by atoms with E-state index in [4.69, 9.17) is 0 Å². The van der Waals surface area contributed by atoms with Gasteiger partial charge in [0.25, 0.3) is 0 Å². The van der Waals surface area contributed by atoms with Crippen LogP contribution in [0.15, 0.2) is 18.3 Å². The minimum Gasteiger partial charge on any atom is -0.393 e. The summed E-state index contributed by atoms with van der Waals surface area (Å²) in [4.78, 5) is 4.18. The monoisotopic (exact) mass is 220 g/mol. The molecule has 3 heteroatoms. The van der Waals surface area contributed by atoms with Crippen LogP contribution in [-0.2, 0) is 6.54 Å². The molecule has 0 radical (unpaired) electrons. The average Bonchev–Trinajstić information content (AvgIpc) is 2.28. The van der Waals surface area contributed by atoms with Crippen LogP contribution in [0.1, 0.15) is 36.9 Å². The summed E-state index contributed by atoms with van der Waals surface area (Å²) in [6.45, 7) is 2.92. The number of nitrogens with zero attached hydrogens (tertiary/aromatic N) is 1. The molecule has 0 saturated heterocycles. The third-order valence-corrected chi connectivity index (χ3v) is 3.25. The molecule has 3 nitrogen and oxygen atoms in total. The fourth-order valence-corrected chi connectivity index (χ4v) is 2.26. The Morgan fingerprint density at radius 1 is 1.38 bits per heavy atom. The second-order valence-electron chi connectivity index (χ2n) is 4.69. The van der Waals surface area contributed by atoms with Crippen LogP contribution in [0.5, 0.6) is 0 Å². The van der Waals surface area contributed by atoms with Gasteiger partial charge in [-0.15, -0.1) is 0 Å². The minimum absolute atomic E-state index is 0.0683. The summed E-state index contributed by atoms with van der Waals surface area (Å²) in [6.07, 6.45) is 5.84. The van der Waals surface area contributed by atoms with Crippen LogP contribution in [0.4, 0.5) is 0 Å². The molecule has 0 atom stereocenters. The number of pyridine rings is 1. The van der Waals surface area contributed by atoms with E-state index in [0.717, 1.165) is 37.9 Å². The summed E-state index contributed by atoms with van der Waals surface area (Å²) < 4.78 is 0. The molecule has 1 aromatic heterocycles. The standard InChI is InChI=1S/C13H20N2O/c1-10-8-11(6-7-14-10)9-15-12-2-4-13(16)5-3-12/h6-8,12-13,15-16H,2-5,9H2,1H3/t12-,13-. The number of hydrogen-bond acceptors (Lipinski definition) is 3. The Labute approximate surface area is 96.9 Å². The lowest BCUT2D eigenvalue weighted by atomic mass is 9.93. The highest BCUT2D eigenvalue weighted by Gasteiger charge is 2.18. The number of aromatic nitrogens is 1. The summed E-state index contributed by atoms with van der Waals surface area (Å²) in [5.74, 6) is 0. The largest absolute Gasteiger partial charge is 0.393 e. The Morgan fingerprint density at radius 2 is 2.12 bits per heavy atom. The quantitative estimate of drug-likeness (QED) is 0.816. The summed E-state index contributed by atoms with van der Waals surface area (Å²) in [6, 6.07) is 4.74. The van der Waals surface area contributed by atoms with Gasteiger partial charge in [0, 0.05) is 24.5 Å². The molecule has 88 valence electrons. The summed E-state index contributed by atoms with van der Waals surface area (Å²) >= 11 is 0. The summed E-state index contributed by atoms with van der Waals surface area (Å²) in [7, 11) is 0. The topological polar surface area (TPSA) is 45.1 Å². The van der Waals surface area contributed by atoms with Gasteiger partial charge in [-0.2, -0.15) is 0 Å². The Balaban J connectivity index is 1.79. The van der Waals surface area contributed by atoms with E-state index in [1.165, 1.54) is 5.56 Å². The second kappa shape index (κ2) is 5.41. The molecule has 1 aromatic rings. The van der Waals surface area contributed by atoms with E-state index in [2.05, 4.69) is 22.4 Å². The molecule has 2 N–H and O–H groups in total. The zero-order chi connectivity index (χ0) is 11.4. The van der Waals surface area contributed by atoms with Gasteiger partial charge < -0.3 is 10.4 Å². The van der Waals surface area contributed by atoms with E-state index in [0.29, 0.717) is 6.04 Å². The van der Waals surface area contributed by atoms with Crippen molar-refractivity contribution in [2.75, 3.05) is 0 Å². The third kappa shape index (κ3) is 3.29. The maximum absolute atomic E-state index is 9.41. The molecule has 1 aliphatic rings. The van der Waals surface area contributed by atoms with Crippen molar-refractivity contribution < 1.29 is 5.11 Å². The molecule has 0 amide bonds. The molecule has 2 rings (SSSR count). The predicted octanol–water partition coefficient (Wildman–Crippen LogP) is 1.78. The number of aliphatic hydroxyl groups is 1. The van der Waals surface area contributed by atoms with Crippen LogP contribution in [0, 0.1) is 6.92 Å². The SMILES string of the molecule is Cc1cc(CN[C@H]2CC[C@H](O)CC2)ccn1. The van der Waals surface area contributed by atoms with Gasteiger partial charge in [0.15, 0.2) is 0 Å². The van der Waals surface area contributed by atoms with Gasteiger partial charge in [0.2, 0.25) is 0 Å². The molecular weight excluding hydrogens is 200 g/mol. The number of aliphatic hydroxyl groups excluding tert-OH is 1. The van der Waals surface area contributed by atoms with Crippen molar-refractivity contribution in [3.63, 3.8) is 0 Å². The normalized spacial score (nSPS) is 25.6. The van der Waals surface area contributed by atoms with E-state index in [-0.39, 0.29) is 6.10 Å². The molecule has 0 bridgehead atoms. The van der Waals surface area contributed by atoms with Crippen LogP contribution in [-0.4, -0.2) is 22.2 Å². The van der Waals surface area contributed by atoms with E-state index >= 15 is 0 Å². The number of nitrogens with one attached hydrogen (secondary N) is 1. The molecule has 0 aliphatic heterocycles. The molecular formula is C13H20N2O. The van der Waals surface area contributed by atoms with E-state index in [9.17, 15) is 5.11 Å². The van der Waals surface area contributed by atoms with Crippen LogP contribution in [0.25, 0.3) is 0 Å². The van der Waals surface area contributed by atoms with E-state index < -0.39 is 0 Å². The maximum atomic E-state index is 9.41. The summed E-state index contributed by atoms with van der Waals surface area (Å²) in [5, 5.41) is 13.0. The van der Waals surface area contributed by atoms with Crippen molar-refractivity contribution in [2.45, 2.75) is 51.3 Å². The lowest BCUT2D eigenvalue weighted by molar-refractivity contribution is 0.116. The first-order chi connectivity index (χ1) is 7.74. The number of hydrogen-bond donors (Lipinski definition) is 2. The zero-order valence-corrected chi connectivity index (χ0v) is 9.82. The van der Waals surface area contributed by atoms with Crippen LogP contribution in [0.2, 0.25) is 0 Å². The molecule has 1 saturated carbocycles. The van der Waals surface area contributed by atoms with Gasteiger partial charge in [-0.25, -0.2) is 0 Å². The predicted molar refractivity (Wildman–Crippen MR) is 64.1 cm³/mol. The Kier molecular flexibility index (Phi) is 3.91. The Bertz CT molecular complexity index is 332.